The van der Waals surface area contributed by atoms with Gasteiger partial charge in [0.2, 0.25) is 0 Å². The van der Waals surface area contributed by atoms with Crippen LogP contribution in [-0.4, -0.2) is 9.97 Å². The molecule has 0 saturated carbocycles. The van der Waals surface area contributed by atoms with Crippen LogP contribution in [0.4, 0.5) is 17.3 Å². The molecule has 0 aliphatic carbocycles. The Morgan fingerprint density at radius 2 is 1.76 bits per heavy atom. The Labute approximate surface area is 133 Å². The first kappa shape index (κ1) is 15.7. The fraction of sp³-hybridized carbons (Fsp3) is 0.333. The van der Waals surface area contributed by atoms with Gasteiger partial charge >= 0.3 is 0 Å². The minimum Gasteiger partial charge on any atom is -0.339 e. The molecular weight excluding hydrogens is 330 g/mol. The molecule has 5 nitrogen and oxygen atoms in total. The number of hydrogen-bond acceptors (Lipinski definition) is 5. The molecule has 0 fully saturated rings. The molecule has 1 heterocycles. The molecule has 1 aromatic carbocycles. The van der Waals surface area contributed by atoms with Crippen molar-refractivity contribution in [1.29, 1.82) is 0 Å². The number of aromatic nitrogens is 2. The standard InChI is InChI=1S/C15H20BrN5/c1-9-5-6-10(16)11(7-9)18-12-8-13(21-17)20-14(19-12)15(2,3)4/h5-8H,17H2,1-4H3,(H2,18,19,20,21). The lowest BCUT2D eigenvalue weighted by Crippen LogP contribution is -2.19. The van der Waals surface area contributed by atoms with E-state index in [1.165, 1.54) is 5.56 Å². The summed E-state index contributed by atoms with van der Waals surface area (Å²) in [4.78, 5) is 8.99. The molecule has 4 N–H and O–H groups in total. The Morgan fingerprint density at radius 3 is 2.38 bits per heavy atom. The van der Waals surface area contributed by atoms with E-state index in [-0.39, 0.29) is 5.41 Å². The zero-order valence-electron chi connectivity index (χ0n) is 12.7. The van der Waals surface area contributed by atoms with Gasteiger partial charge in [-0.1, -0.05) is 26.8 Å². The first-order valence-corrected chi connectivity index (χ1v) is 7.48. The van der Waals surface area contributed by atoms with Gasteiger partial charge in [-0.05, 0) is 40.5 Å². The van der Waals surface area contributed by atoms with Gasteiger partial charge in [0.15, 0.2) is 0 Å². The maximum atomic E-state index is 5.50. The SMILES string of the molecule is Cc1ccc(Br)c(Nc2cc(NN)nc(C(C)(C)C)n2)c1. The lowest BCUT2D eigenvalue weighted by atomic mass is 9.96. The quantitative estimate of drug-likeness (QED) is 0.579. The summed E-state index contributed by atoms with van der Waals surface area (Å²) in [5, 5.41) is 3.31. The summed E-state index contributed by atoms with van der Waals surface area (Å²) in [6.07, 6.45) is 0. The van der Waals surface area contributed by atoms with E-state index in [4.69, 9.17) is 5.84 Å². The summed E-state index contributed by atoms with van der Waals surface area (Å²) < 4.78 is 0.978. The van der Waals surface area contributed by atoms with Gasteiger partial charge in [-0.2, -0.15) is 0 Å². The molecule has 0 unspecified atom stereocenters. The molecule has 112 valence electrons. The number of halogens is 1. The van der Waals surface area contributed by atoms with Gasteiger partial charge in [-0.3, -0.25) is 0 Å². The fourth-order valence-corrected chi connectivity index (χ4v) is 2.14. The third-order valence-corrected chi connectivity index (χ3v) is 3.62. The van der Waals surface area contributed by atoms with E-state index >= 15 is 0 Å². The van der Waals surface area contributed by atoms with Crippen LogP contribution in [0.25, 0.3) is 0 Å². The van der Waals surface area contributed by atoms with Crippen LogP contribution in [-0.2, 0) is 5.41 Å². The fourth-order valence-electron chi connectivity index (χ4n) is 1.79. The average molecular weight is 350 g/mol. The highest BCUT2D eigenvalue weighted by Gasteiger charge is 2.19. The van der Waals surface area contributed by atoms with Crippen LogP contribution in [0, 0.1) is 6.92 Å². The number of anilines is 3. The summed E-state index contributed by atoms with van der Waals surface area (Å²) in [5.74, 6) is 7.51. The van der Waals surface area contributed by atoms with Gasteiger partial charge in [0.1, 0.15) is 17.5 Å². The minimum absolute atomic E-state index is 0.160. The van der Waals surface area contributed by atoms with E-state index in [0.29, 0.717) is 11.6 Å². The summed E-state index contributed by atoms with van der Waals surface area (Å²) in [6.45, 7) is 8.24. The normalized spacial score (nSPS) is 11.3. The molecule has 0 spiro atoms. The molecule has 0 amide bonds. The van der Waals surface area contributed by atoms with E-state index in [0.717, 1.165) is 16.0 Å². The first-order valence-electron chi connectivity index (χ1n) is 6.69. The predicted octanol–water partition coefficient (Wildman–Crippen LogP) is 3.87. The van der Waals surface area contributed by atoms with Crippen molar-refractivity contribution in [2.45, 2.75) is 33.1 Å². The molecule has 0 aliphatic heterocycles. The highest BCUT2D eigenvalue weighted by molar-refractivity contribution is 9.10. The Bertz CT molecular complexity index is 649. The van der Waals surface area contributed by atoms with Crippen LogP contribution in [0.5, 0.6) is 0 Å². The predicted molar refractivity (Wildman–Crippen MR) is 90.7 cm³/mol. The molecule has 6 heteroatoms. The maximum absolute atomic E-state index is 5.50. The average Bonchev–Trinajstić information content (AvgIpc) is 2.41. The van der Waals surface area contributed by atoms with Crippen LogP contribution in [0.2, 0.25) is 0 Å². The van der Waals surface area contributed by atoms with Gasteiger partial charge in [-0.15, -0.1) is 0 Å². The molecule has 0 saturated heterocycles. The molecular formula is C15H20BrN5. The van der Waals surface area contributed by atoms with E-state index in [1.807, 2.05) is 19.1 Å². The second-order valence-corrected chi connectivity index (χ2v) is 6.82. The van der Waals surface area contributed by atoms with Crippen molar-refractivity contribution in [3.05, 3.63) is 40.1 Å². The number of nitrogens with two attached hydrogens (primary N) is 1. The molecule has 1 aromatic heterocycles. The molecule has 2 rings (SSSR count). The highest BCUT2D eigenvalue weighted by Crippen LogP contribution is 2.28. The van der Waals surface area contributed by atoms with Crippen LogP contribution >= 0.6 is 15.9 Å². The Hall–Kier alpha value is -1.66. The Balaban J connectivity index is 2.42. The van der Waals surface area contributed by atoms with Crippen LogP contribution in [0.15, 0.2) is 28.7 Å². The van der Waals surface area contributed by atoms with E-state index in [9.17, 15) is 0 Å². The largest absolute Gasteiger partial charge is 0.339 e. The summed E-state index contributed by atoms with van der Waals surface area (Å²) in [7, 11) is 0. The number of nitrogen functional groups attached to an aromatic ring is 1. The molecule has 0 bridgehead atoms. The van der Waals surface area contributed by atoms with Gasteiger partial charge in [0.25, 0.3) is 0 Å². The Morgan fingerprint density at radius 1 is 1.10 bits per heavy atom. The monoisotopic (exact) mass is 349 g/mol. The summed E-state index contributed by atoms with van der Waals surface area (Å²) in [5.41, 5.74) is 4.55. The van der Waals surface area contributed by atoms with Gasteiger partial charge in [0, 0.05) is 16.0 Å². The second kappa shape index (κ2) is 5.99. The smallest absolute Gasteiger partial charge is 0.145 e. The van der Waals surface area contributed by atoms with E-state index < -0.39 is 0 Å². The lowest BCUT2D eigenvalue weighted by Gasteiger charge is -2.19. The molecule has 0 aliphatic rings. The zero-order chi connectivity index (χ0) is 15.6. The number of nitrogens with zero attached hydrogens (tertiary/aromatic N) is 2. The van der Waals surface area contributed by atoms with Crippen LogP contribution < -0.4 is 16.6 Å². The molecule has 0 atom stereocenters. The number of aryl methyl sites for hydroxylation is 1. The molecule has 0 radical (unpaired) electrons. The van der Waals surface area contributed by atoms with E-state index in [2.05, 4.69) is 63.5 Å². The van der Waals surface area contributed by atoms with Crippen LogP contribution in [0.3, 0.4) is 0 Å². The van der Waals surface area contributed by atoms with Gasteiger partial charge in [0.05, 0.1) is 5.69 Å². The zero-order valence-corrected chi connectivity index (χ0v) is 14.2. The van der Waals surface area contributed by atoms with Gasteiger partial charge < -0.3 is 10.7 Å². The van der Waals surface area contributed by atoms with Crippen molar-refractivity contribution in [2.75, 3.05) is 10.7 Å². The van der Waals surface area contributed by atoms with E-state index in [1.54, 1.807) is 6.07 Å². The van der Waals surface area contributed by atoms with Crippen molar-refractivity contribution < 1.29 is 0 Å². The summed E-state index contributed by atoms with van der Waals surface area (Å²) in [6, 6.07) is 7.89. The van der Waals surface area contributed by atoms with Crippen molar-refractivity contribution >= 4 is 33.3 Å². The summed E-state index contributed by atoms with van der Waals surface area (Å²) >= 11 is 3.54. The third kappa shape index (κ3) is 3.92. The molecule has 2 aromatic rings. The van der Waals surface area contributed by atoms with Crippen molar-refractivity contribution in [2.24, 2.45) is 5.84 Å². The highest BCUT2D eigenvalue weighted by atomic mass is 79.9. The topological polar surface area (TPSA) is 75.9 Å². The van der Waals surface area contributed by atoms with Gasteiger partial charge in [-0.25, -0.2) is 15.8 Å². The van der Waals surface area contributed by atoms with Crippen LogP contribution in [0.1, 0.15) is 32.2 Å². The number of hydrogen-bond donors (Lipinski definition) is 3. The number of hydrazine groups is 1. The second-order valence-electron chi connectivity index (χ2n) is 5.96. The molecule has 21 heavy (non-hydrogen) atoms. The number of benzene rings is 1. The maximum Gasteiger partial charge on any atom is 0.145 e. The number of rotatable bonds is 3. The minimum atomic E-state index is -0.160. The van der Waals surface area contributed by atoms with Crippen molar-refractivity contribution in [3.8, 4) is 0 Å². The number of nitrogens with one attached hydrogen (secondary N) is 2. The first-order chi connectivity index (χ1) is 9.79. The Kier molecular flexibility index (Phi) is 4.49. The third-order valence-electron chi connectivity index (χ3n) is 2.93. The van der Waals surface area contributed by atoms with Crippen molar-refractivity contribution in [1.82, 2.24) is 9.97 Å². The lowest BCUT2D eigenvalue weighted by molar-refractivity contribution is 0.547. The van der Waals surface area contributed by atoms with Crippen molar-refractivity contribution in [3.63, 3.8) is 0 Å².